The van der Waals surface area contributed by atoms with Crippen LogP contribution in [0.15, 0.2) is 36.7 Å². The second kappa shape index (κ2) is 8.19. The second-order valence-corrected chi connectivity index (χ2v) is 7.20. The first-order valence-electron chi connectivity index (χ1n) is 8.60. The third-order valence-electron chi connectivity index (χ3n) is 4.58. The van der Waals surface area contributed by atoms with E-state index >= 15 is 0 Å². The first kappa shape index (κ1) is 20.8. The highest BCUT2D eigenvalue weighted by molar-refractivity contribution is 6.39. The third-order valence-corrected chi connectivity index (χ3v) is 5.38. The summed E-state index contributed by atoms with van der Waals surface area (Å²) >= 11 is 12.1. The number of carbonyl (C=O) groups excluding carboxylic acids is 1. The molecule has 0 unspecified atom stereocenters. The van der Waals surface area contributed by atoms with Crippen molar-refractivity contribution in [2.24, 2.45) is 0 Å². The summed E-state index contributed by atoms with van der Waals surface area (Å²) in [6.07, 6.45) is 3.53. The van der Waals surface area contributed by atoms with Gasteiger partial charge in [-0.2, -0.15) is 0 Å². The van der Waals surface area contributed by atoms with Gasteiger partial charge < -0.3 is 19.8 Å². The topological polar surface area (TPSA) is 95.2 Å². The lowest BCUT2D eigenvalue weighted by Crippen LogP contribution is -2.02. The number of aromatic nitrogens is 2. The summed E-state index contributed by atoms with van der Waals surface area (Å²) < 4.78 is 4.66. The smallest absolute Gasteiger partial charge is 0.339 e. The molecule has 0 aliphatic heterocycles. The number of rotatable bonds is 2. The minimum absolute atomic E-state index is 0.179. The zero-order chi connectivity index (χ0) is 21.3. The van der Waals surface area contributed by atoms with Gasteiger partial charge in [-0.25, -0.2) is 9.59 Å². The number of esters is 1. The van der Waals surface area contributed by atoms with E-state index < -0.39 is 11.9 Å². The van der Waals surface area contributed by atoms with E-state index in [4.69, 9.17) is 28.3 Å². The van der Waals surface area contributed by atoms with Crippen LogP contribution in [0.2, 0.25) is 10.0 Å². The van der Waals surface area contributed by atoms with Gasteiger partial charge in [0.2, 0.25) is 0 Å². The molecule has 0 amide bonds. The molecule has 0 aliphatic rings. The van der Waals surface area contributed by atoms with Gasteiger partial charge in [0.1, 0.15) is 0 Å². The molecule has 0 spiro atoms. The van der Waals surface area contributed by atoms with Gasteiger partial charge in [-0.3, -0.25) is 0 Å². The summed E-state index contributed by atoms with van der Waals surface area (Å²) in [5.41, 5.74) is 4.03. The quantitative estimate of drug-likeness (QED) is 0.351. The lowest BCUT2D eigenvalue weighted by atomic mass is 10.1. The molecule has 0 saturated carbocycles. The summed E-state index contributed by atoms with van der Waals surface area (Å²) in [5, 5.41) is 11.3. The molecule has 2 heterocycles. The minimum Gasteiger partial charge on any atom is -0.478 e. The molecule has 150 valence electrons. The van der Waals surface area contributed by atoms with Crippen molar-refractivity contribution in [2.45, 2.75) is 13.8 Å². The molecule has 2 aromatic carbocycles. The zero-order valence-electron chi connectivity index (χ0n) is 15.9. The standard InChI is InChI=1S/C11H10ClNO2.C10H8ClNO2/c1-6-5-8(11(14)15-2)9(12)7-3-4-13-10(6)7;1-5-4-7-6(2-3-12-7)9(11)8(5)10(13)14/h3-5,13H,1-2H3;2-4,12H,1H3,(H,13,14). The number of ether oxygens (including phenoxy) is 1. The Morgan fingerprint density at radius 3 is 2.28 bits per heavy atom. The Labute approximate surface area is 176 Å². The highest BCUT2D eigenvalue weighted by Crippen LogP contribution is 2.30. The van der Waals surface area contributed by atoms with Gasteiger partial charge in [-0.15, -0.1) is 0 Å². The van der Waals surface area contributed by atoms with Crippen LogP contribution in [0.1, 0.15) is 31.8 Å². The van der Waals surface area contributed by atoms with Crippen LogP contribution in [0.4, 0.5) is 0 Å². The van der Waals surface area contributed by atoms with E-state index in [1.165, 1.54) is 7.11 Å². The molecule has 0 fully saturated rings. The number of aromatic carboxylic acids is 1. The van der Waals surface area contributed by atoms with Gasteiger partial charge in [-0.05, 0) is 49.2 Å². The fourth-order valence-electron chi connectivity index (χ4n) is 3.19. The van der Waals surface area contributed by atoms with Crippen molar-refractivity contribution in [1.82, 2.24) is 9.97 Å². The van der Waals surface area contributed by atoms with Gasteiger partial charge in [0.15, 0.2) is 0 Å². The Balaban J connectivity index is 0.000000166. The fourth-order valence-corrected chi connectivity index (χ4v) is 3.87. The molecular weight excluding hydrogens is 415 g/mol. The summed E-state index contributed by atoms with van der Waals surface area (Å²) in [7, 11) is 1.34. The highest BCUT2D eigenvalue weighted by atomic mass is 35.5. The number of aromatic amines is 2. The average Bonchev–Trinajstić information content (AvgIpc) is 3.34. The van der Waals surface area contributed by atoms with Crippen LogP contribution in [0, 0.1) is 13.8 Å². The molecule has 0 atom stereocenters. The van der Waals surface area contributed by atoms with Crippen molar-refractivity contribution in [3.8, 4) is 0 Å². The van der Waals surface area contributed by atoms with Gasteiger partial charge in [0.05, 0.1) is 28.3 Å². The van der Waals surface area contributed by atoms with E-state index in [1.54, 1.807) is 37.5 Å². The van der Waals surface area contributed by atoms with E-state index in [0.717, 1.165) is 27.4 Å². The molecule has 0 radical (unpaired) electrons. The van der Waals surface area contributed by atoms with E-state index in [2.05, 4.69) is 14.7 Å². The van der Waals surface area contributed by atoms with Crippen molar-refractivity contribution < 1.29 is 19.4 Å². The zero-order valence-corrected chi connectivity index (χ0v) is 17.4. The van der Waals surface area contributed by atoms with Gasteiger partial charge in [-0.1, -0.05) is 23.2 Å². The molecule has 4 rings (SSSR count). The Bertz CT molecular complexity index is 1240. The van der Waals surface area contributed by atoms with Gasteiger partial charge in [0.25, 0.3) is 0 Å². The number of halogens is 2. The summed E-state index contributed by atoms with van der Waals surface area (Å²) in [4.78, 5) is 28.4. The number of nitrogens with one attached hydrogen (secondary N) is 2. The van der Waals surface area contributed by atoms with Crippen LogP contribution < -0.4 is 0 Å². The van der Waals surface area contributed by atoms with Crippen molar-refractivity contribution in [3.05, 3.63) is 69.0 Å². The van der Waals surface area contributed by atoms with Crippen molar-refractivity contribution in [1.29, 1.82) is 0 Å². The van der Waals surface area contributed by atoms with Crippen molar-refractivity contribution in [3.63, 3.8) is 0 Å². The largest absolute Gasteiger partial charge is 0.478 e. The number of carboxylic acids is 1. The number of benzene rings is 2. The van der Waals surface area contributed by atoms with E-state index in [9.17, 15) is 9.59 Å². The molecule has 3 N–H and O–H groups in total. The van der Waals surface area contributed by atoms with E-state index in [1.807, 2.05) is 13.0 Å². The SMILES string of the molecule is COC(=O)c1cc(C)c2[nH]ccc2c1Cl.Cc1cc2[nH]ccc2c(Cl)c1C(=O)O. The summed E-state index contributed by atoms with van der Waals surface area (Å²) in [6.45, 7) is 3.65. The maximum absolute atomic E-state index is 11.4. The second-order valence-electron chi connectivity index (χ2n) is 6.44. The van der Waals surface area contributed by atoms with Gasteiger partial charge >= 0.3 is 11.9 Å². The predicted octanol–water partition coefficient (Wildman–Crippen LogP) is 5.74. The first-order valence-corrected chi connectivity index (χ1v) is 9.35. The number of H-pyrrole nitrogens is 2. The van der Waals surface area contributed by atoms with E-state index in [0.29, 0.717) is 21.2 Å². The Hall–Kier alpha value is -2.96. The highest BCUT2D eigenvalue weighted by Gasteiger charge is 2.16. The Morgan fingerprint density at radius 2 is 1.62 bits per heavy atom. The molecule has 4 aromatic rings. The fraction of sp³-hybridized carbons (Fsp3) is 0.143. The Morgan fingerprint density at radius 1 is 0.966 bits per heavy atom. The van der Waals surface area contributed by atoms with Crippen LogP contribution in [0.25, 0.3) is 21.8 Å². The molecule has 29 heavy (non-hydrogen) atoms. The number of carbonyl (C=O) groups is 2. The lowest BCUT2D eigenvalue weighted by Gasteiger charge is -2.05. The first-order chi connectivity index (χ1) is 13.8. The molecule has 0 bridgehead atoms. The van der Waals surface area contributed by atoms with Crippen LogP contribution >= 0.6 is 23.2 Å². The van der Waals surface area contributed by atoms with Crippen LogP contribution in [0.3, 0.4) is 0 Å². The lowest BCUT2D eigenvalue weighted by molar-refractivity contribution is 0.0600. The summed E-state index contributed by atoms with van der Waals surface area (Å²) in [5.74, 6) is -1.40. The Kier molecular flexibility index (Phi) is 5.86. The van der Waals surface area contributed by atoms with Crippen molar-refractivity contribution in [2.75, 3.05) is 7.11 Å². The van der Waals surface area contributed by atoms with Crippen LogP contribution in [-0.4, -0.2) is 34.1 Å². The normalized spacial score (nSPS) is 10.7. The number of aryl methyl sites for hydroxylation is 2. The molecule has 0 aliphatic carbocycles. The van der Waals surface area contributed by atoms with Crippen LogP contribution in [-0.2, 0) is 4.74 Å². The van der Waals surface area contributed by atoms with Gasteiger partial charge in [0, 0.05) is 34.2 Å². The monoisotopic (exact) mass is 432 g/mol. The number of fused-ring (bicyclic) bond motifs is 2. The maximum atomic E-state index is 11.4. The predicted molar refractivity (Wildman–Crippen MR) is 114 cm³/mol. The average molecular weight is 433 g/mol. The maximum Gasteiger partial charge on any atom is 0.339 e. The molecule has 0 saturated heterocycles. The molecule has 2 aromatic heterocycles. The molecule has 6 nitrogen and oxygen atoms in total. The summed E-state index contributed by atoms with van der Waals surface area (Å²) in [6, 6.07) is 7.12. The van der Waals surface area contributed by atoms with E-state index in [-0.39, 0.29) is 5.56 Å². The minimum atomic E-state index is -0.990. The number of hydrogen-bond acceptors (Lipinski definition) is 3. The molecular formula is C21H18Cl2N2O4. The number of methoxy groups -OCH3 is 1. The van der Waals surface area contributed by atoms with Crippen molar-refractivity contribution >= 4 is 56.9 Å². The molecule has 8 heteroatoms. The number of carboxylic acid groups (broad SMARTS) is 1. The number of hydrogen-bond donors (Lipinski definition) is 3. The van der Waals surface area contributed by atoms with Crippen LogP contribution in [0.5, 0.6) is 0 Å². The third kappa shape index (κ3) is 3.81.